The van der Waals surface area contributed by atoms with Crippen molar-refractivity contribution < 1.29 is 19.1 Å². The number of ether oxygens (including phenoxy) is 2. The Bertz CT molecular complexity index is 920. The van der Waals surface area contributed by atoms with Crippen LogP contribution in [0.15, 0.2) is 64.3 Å². The normalized spacial score (nSPS) is 19.5. The summed E-state index contributed by atoms with van der Waals surface area (Å²) in [6, 6.07) is 14.9. The maximum Gasteiger partial charge on any atom is 0.336 e. The van der Waals surface area contributed by atoms with Gasteiger partial charge in [0.25, 0.3) is 0 Å². The summed E-state index contributed by atoms with van der Waals surface area (Å²) in [7, 11) is 1.58. The number of halogens is 1. The Morgan fingerprint density at radius 1 is 1.12 bits per heavy atom. The molecule has 2 aromatic rings. The SMILES string of the molecule is COc1ccccc1[C@@H]1CC(=O)N(c2ccc(Br)cc2)C2=C1C(=O)OC2. The van der Waals surface area contributed by atoms with Crippen LogP contribution in [0.3, 0.4) is 0 Å². The van der Waals surface area contributed by atoms with Crippen LogP contribution in [0.1, 0.15) is 17.9 Å². The zero-order valence-electron chi connectivity index (χ0n) is 14.1. The molecule has 0 fully saturated rings. The summed E-state index contributed by atoms with van der Waals surface area (Å²) in [5.41, 5.74) is 2.70. The first kappa shape index (κ1) is 16.8. The van der Waals surface area contributed by atoms with E-state index in [1.807, 2.05) is 48.5 Å². The topological polar surface area (TPSA) is 55.8 Å². The monoisotopic (exact) mass is 413 g/mol. The van der Waals surface area contributed by atoms with Crippen LogP contribution in [0.2, 0.25) is 0 Å². The van der Waals surface area contributed by atoms with Crippen LogP contribution in [0.5, 0.6) is 5.75 Å². The number of hydrogen-bond donors (Lipinski definition) is 0. The molecule has 2 aliphatic rings. The summed E-state index contributed by atoms with van der Waals surface area (Å²) in [4.78, 5) is 27.0. The Balaban J connectivity index is 1.84. The number of para-hydroxylation sites is 1. The van der Waals surface area contributed by atoms with Gasteiger partial charge >= 0.3 is 5.97 Å². The highest BCUT2D eigenvalue weighted by Gasteiger charge is 2.43. The van der Waals surface area contributed by atoms with Crippen molar-refractivity contribution >= 4 is 33.5 Å². The summed E-state index contributed by atoms with van der Waals surface area (Å²) in [6.07, 6.45) is 0.185. The second-order valence-electron chi connectivity index (χ2n) is 6.14. The summed E-state index contributed by atoms with van der Waals surface area (Å²) in [5.74, 6) is -0.143. The smallest absolute Gasteiger partial charge is 0.336 e. The van der Waals surface area contributed by atoms with Gasteiger partial charge in [0.15, 0.2) is 0 Å². The van der Waals surface area contributed by atoms with Gasteiger partial charge in [-0.15, -0.1) is 0 Å². The first-order valence-corrected chi connectivity index (χ1v) is 9.01. The Kier molecular flexibility index (Phi) is 4.28. The minimum absolute atomic E-state index is 0.0692. The Hall–Kier alpha value is -2.60. The molecule has 0 unspecified atom stereocenters. The second-order valence-corrected chi connectivity index (χ2v) is 7.06. The highest BCUT2D eigenvalue weighted by Crippen LogP contribution is 2.44. The van der Waals surface area contributed by atoms with Crippen LogP contribution < -0.4 is 9.64 Å². The zero-order chi connectivity index (χ0) is 18.3. The maximum absolute atomic E-state index is 13.0. The fourth-order valence-electron chi connectivity index (χ4n) is 3.56. The lowest BCUT2D eigenvalue weighted by atomic mass is 9.83. The number of rotatable bonds is 3. The zero-order valence-corrected chi connectivity index (χ0v) is 15.7. The minimum atomic E-state index is -0.370. The van der Waals surface area contributed by atoms with Crippen molar-refractivity contribution in [3.63, 3.8) is 0 Å². The molecule has 2 aromatic carbocycles. The molecule has 26 heavy (non-hydrogen) atoms. The van der Waals surface area contributed by atoms with Gasteiger partial charge in [-0.3, -0.25) is 9.69 Å². The molecule has 0 saturated heterocycles. The van der Waals surface area contributed by atoms with E-state index in [0.29, 0.717) is 17.0 Å². The summed E-state index contributed by atoms with van der Waals surface area (Å²) in [6.45, 7) is 0.0988. The van der Waals surface area contributed by atoms with Crippen LogP contribution in [-0.2, 0) is 14.3 Å². The third kappa shape index (κ3) is 2.70. The van der Waals surface area contributed by atoms with Gasteiger partial charge in [-0.2, -0.15) is 0 Å². The lowest BCUT2D eigenvalue weighted by Crippen LogP contribution is -2.37. The van der Waals surface area contributed by atoms with E-state index in [9.17, 15) is 9.59 Å². The maximum atomic E-state index is 13.0. The van der Waals surface area contributed by atoms with E-state index in [2.05, 4.69) is 15.9 Å². The number of benzene rings is 2. The minimum Gasteiger partial charge on any atom is -0.496 e. The van der Waals surface area contributed by atoms with Gasteiger partial charge in [0.1, 0.15) is 12.4 Å². The number of anilines is 1. The summed E-state index contributed by atoms with van der Waals surface area (Å²) < 4.78 is 11.7. The molecular formula is C20H16BrNO4. The van der Waals surface area contributed by atoms with Crippen LogP contribution >= 0.6 is 15.9 Å². The number of amides is 1. The molecule has 0 N–H and O–H groups in total. The van der Waals surface area contributed by atoms with E-state index in [1.165, 1.54) is 0 Å². The molecule has 0 aliphatic carbocycles. The number of hydrogen-bond acceptors (Lipinski definition) is 4. The molecule has 2 aliphatic heterocycles. The molecule has 0 aromatic heterocycles. The van der Waals surface area contributed by atoms with Gasteiger partial charge in [-0.25, -0.2) is 4.79 Å². The van der Waals surface area contributed by atoms with E-state index in [0.717, 1.165) is 15.7 Å². The first-order valence-electron chi connectivity index (χ1n) is 8.21. The Morgan fingerprint density at radius 2 is 1.85 bits per heavy atom. The molecule has 0 saturated carbocycles. The fourth-order valence-corrected chi connectivity index (χ4v) is 3.83. The fraction of sp³-hybridized carbons (Fsp3) is 0.200. The van der Waals surface area contributed by atoms with Crippen molar-refractivity contribution in [3.05, 3.63) is 69.8 Å². The number of esters is 1. The van der Waals surface area contributed by atoms with Crippen molar-refractivity contribution in [2.75, 3.05) is 18.6 Å². The summed E-state index contributed by atoms with van der Waals surface area (Å²) in [5, 5.41) is 0. The quantitative estimate of drug-likeness (QED) is 0.718. The lowest BCUT2D eigenvalue weighted by Gasteiger charge is -2.32. The predicted molar refractivity (Wildman–Crippen MR) is 100.0 cm³/mol. The second kappa shape index (κ2) is 6.61. The average Bonchev–Trinajstić information content (AvgIpc) is 3.04. The van der Waals surface area contributed by atoms with E-state index in [-0.39, 0.29) is 30.8 Å². The number of nitrogens with zero attached hydrogens (tertiary/aromatic N) is 1. The van der Waals surface area contributed by atoms with Crippen LogP contribution in [-0.4, -0.2) is 25.6 Å². The number of carbonyl (C=O) groups excluding carboxylic acids is 2. The van der Waals surface area contributed by atoms with Crippen LogP contribution in [0, 0.1) is 0 Å². The standard InChI is InChI=1S/C20H16BrNO4/c1-25-17-5-3-2-4-14(17)15-10-18(23)22(13-8-6-12(21)7-9-13)16-11-26-20(24)19(15)16/h2-9,15H,10-11H2,1H3/t15-/m0/s1. The molecular weight excluding hydrogens is 398 g/mol. The molecule has 1 amide bonds. The van der Waals surface area contributed by atoms with Gasteiger partial charge in [0.05, 0.1) is 18.4 Å². The molecule has 0 bridgehead atoms. The van der Waals surface area contributed by atoms with Gasteiger partial charge in [0.2, 0.25) is 5.91 Å². The highest BCUT2D eigenvalue weighted by molar-refractivity contribution is 9.10. The number of methoxy groups -OCH3 is 1. The van der Waals surface area contributed by atoms with Crippen molar-refractivity contribution in [1.82, 2.24) is 0 Å². The molecule has 6 heteroatoms. The molecule has 5 nitrogen and oxygen atoms in total. The van der Waals surface area contributed by atoms with Gasteiger partial charge in [-0.05, 0) is 30.3 Å². The van der Waals surface area contributed by atoms with Crippen LogP contribution in [0.25, 0.3) is 0 Å². The van der Waals surface area contributed by atoms with Crippen molar-refractivity contribution in [2.45, 2.75) is 12.3 Å². The molecule has 0 spiro atoms. The highest BCUT2D eigenvalue weighted by atomic mass is 79.9. The first-order chi connectivity index (χ1) is 12.6. The van der Waals surface area contributed by atoms with E-state index < -0.39 is 0 Å². The average molecular weight is 414 g/mol. The molecule has 0 radical (unpaired) electrons. The molecule has 2 heterocycles. The third-order valence-corrected chi connectivity index (χ3v) is 5.25. The summed E-state index contributed by atoms with van der Waals surface area (Å²) >= 11 is 3.40. The largest absolute Gasteiger partial charge is 0.496 e. The van der Waals surface area contributed by atoms with Crippen molar-refractivity contribution in [3.8, 4) is 5.75 Å². The van der Waals surface area contributed by atoms with Crippen molar-refractivity contribution in [2.24, 2.45) is 0 Å². The molecule has 1 atom stereocenters. The predicted octanol–water partition coefficient (Wildman–Crippen LogP) is 3.79. The molecule has 132 valence electrons. The van der Waals surface area contributed by atoms with Crippen LogP contribution in [0.4, 0.5) is 5.69 Å². The number of cyclic esters (lactones) is 1. The lowest BCUT2D eigenvalue weighted by molar-refractivity contribution is -0.136. The van der Waals surface area contributed by atoms with E-state index in [4.69, 9.17) is 9.47 Å². The Morgan fingerprint density at radius 3 is 2.58 bits per heavy atom. The van der Waals surface area contributed by atoms with Gasteiger partial charge < -0.3 is 9.47 Å². The molecule has 4 rings (SSSR count). The van der Waals surface area contributed by atoms with Crippen molar-refractivity contribution in [1.29, 1.82) is 0 Å². The van der Waals surface area contributed by atoms with Gasteiger partial charge in [-0.1, -0.05) is 34.1 Å². The third-order valence-electron chi connectivity index (χ3n) is 4.72. The Labute approximate surface area is 159 Å². The van der Waals surface area contributed by atoms with E-state index >= 15 is 0 Å². The number of carbonyl (C=O) groups is 2. The van der Waals surface area contributed by atoms with Gasteiger partial charge in [0, 0.05) is 28.1 Å². The van der Waals surface area contributed by atoms with E-state index in [1.54, 1.807) is 12.0 Å².